The summed E-state index contributed by atoms with van der Waals surface area (Å²) in [6.07, 6.45) is 10.2. The fourth-order valence-electron chi connectivity index (χ4n) is 2.86. The van der Waals surface area contributed by atoms with E-state index in [1.165, 1.54) is 24.1 Å². The molecule has 0 spiro atoms. The Hall–Kier alpha value is -1.68. The van der Waals surface area contributed by atoms with Crippen molar-refractivity contribution < 1.29 is 0 Å². The molecule has 3 heterocycles. The standard InChI is InChI=1S/C15H20N4/c1-12(13-4-7-16-8-5-13)19-11-18-10-15(19)14-3-2-6-17-9-14/h4-5,7-8,10-12,14,17H,2-3,6,9H2,1H3. The lowest BCUT2D eigenvalue weighted by Gasteiger charge is -2.26. The van der Waals surface area contributed by atoms with Gasteiger partial charge in [0.2, 0.25) is 0 Å². The quantitative estimate of drug-likeness (QED) is 0.916. The Morgan fingerprint density at radius 1 is 1.32 bits per heavy atom. The molecule has 4 heteroatoms. The van der Waals surface area contributed by atoms with E-state index in [0.717, 1.165) is 13.1 Å². The van der Waals surface area contributed by atoms with E-state index in [0.29, 0.717) is 12.0 Å². The predicted molar refractivity (Wildman–Crippen MR) is 75.1 cm³/mol. The van der Waals surface area contributed by atoms with Crippen LogP contribution in [-0.4, -0.2) is 27.6 Å². The molecule has 1 aliphatic heterocycles. The molecule has 1 fully saturated rings. The van der Waals surface area contributed by atoms with Crippen LogP contribution in [0.15, 0.2) is 37.1 Å². The molecule has 4 nitrogen and oxygen atoms in total. The highest BCUT2D eigenvalue weighted by Gasteiger charge is 2.21. The molecule has 3 rings (SSSR count). The van der Waals surface area contributed by atoms with Crippen LogP contribution in [-0.2, 0) is 0 Å². The Kier molecular flexibility index (Phi) is 3.60. The van der Waals surface area contributed by atoms with Gasteiger partial charge in [0.15, 0.2) is 0 Å². The first kappa shape index (κ1) is 12.4. The molecule has 0 amide bonds. The van der Waals surface area contributed by atoms with Crippen molar-refractivity contribution in [2.45, 2.75) is 31.7 Å². The van der Waals surface area contributed by atoms with Crippen LogP contribution in [0.2, 0.25) is 0 Å². The van der Waals surface area contributed by atoms with Crippen LogP contribution in [0.1, 0.15) is 43.0 Å². The Bertz CT molecular complexity index is 514. The minimum absolute atomic E-state index is 0.308. The lowest BCUT2D eigenvalue weighted by Crippen LogP contribution is -2.30. The van der Waals surface area contributed by atoms with Gasteiger partial charge in [0.1, 0.15) is 0 Å². The summed E-state index contributed by atoms with van der Waals surface area (Å²) in [5.74, 6) is 0.584. The van der Waals surface area contributed by atoms with Gasteiger partial charge in [-0.25, -0.2) is 4.98 Å². The lowest BCUT2D eigenvalue weighted by molar-refractivity contribution is 0.435. The number of pyridine rings is 1. The zero-order valence-corrected chi connectivity index (χ0v) is 11.3. The van der Waals surface area contributed by atoms with Crippen molar-refractivity contribution in [2.75, 3.05) is 13.1 Å². The molecule has 0 aromatic carbocycles. The Morgan fingerprint density at radius 2 is 2.16 bits per heavy atom. The SMILES string of the molecule is CC(c1ccncc1)n1cncc1C1CCCNC1. The first-order chi connectivity index (χ1) is 9.36. The maximum absolute atomic E-state index is 4.36. The van der Waals surface area contributed by atoms with E-state index in [9.17, 15) is 0 Å². The van der Waals surface area contributed by atoms with Gasteiger partial charge < -0.3 is 9.88 Å². The van der Waals surface area contributed by atoms with E-state index in [2.05, 4.69) is 38.9 Å². The van der Waals surface area contributed by atoms with Crippen LogP contribution in [0.3, 0.4) is 0 Å². The van der Waals surface area contributed by atoms with Crippen molar-refractivity contribution in [3.8, 4) is 0 Å². The van der Waals surface area contributed by atoms with Crippen molar-refractivity contribution >= 4 is 0 Å². The largest absolute Gasteiger partial charge is 0.327 e. The van der Waals surface area contributed by atoms with Crippen LogP contribution < -0.4 is 5.32 Å². The molecule has 1 saturated heterocycles. The summed E-state index contributed by atoms with van der Waals surface area (Å²) in [5.41, 5.74) is 2.62. The molecule has 2 unspecified atom stereocenters. The third kappa shape index (κ3) is 2.54. The van der Waals surface area contributed by atoms with Gasteiger partial charge in [-0.1, -0.05) is 0 Å². The van der Waals surface area contributed by atoms with Crippen molar-refractivity contribution in [1.29, 1.82) is 0 Å². The highest BCUT2D eigenvalue weighted by atomic mass is 15.1. The Labute approximate surface area is 113 Å². The number of hydrogen-bond acceptors (Lipinski definition) is 3. The molecule has 2 aromatic rings. The third-order valence-electron chi connectivity index (χ3n) is 4.02. The average Bonchev–Trinajstić information content (AvgIpc) is 2.98. The molecular weight excluding hydrogens is 236 g/mol. The average molecular weight is 256 g/mol. The predicted octanol–water partition coefficient (Wildman–Crippen LogP) is 2.35. The first-order valence-electron chi connectivity index (χ1n) is 6.98. The van der Waals surface area contributed by atoms with Gasteiger partial charge in [0, 0.05) is 36.7 Å². The summed E-state index contributed by atoms with van der Waals surface area (Å²) in [6, 6.07) is 4.46. The number of nitrogens with zero attached hydrogens (tertiary/aromatic N) is 3. The van der Waals surface area contributed by atoms with Crippen LogP contribution in [0.4, 0.5) is 0 Å². The van der Waals surface area contributed by atoms with E-state index in [1.54, 1.807) is 0 Å². The third-order valence-corrected chi connectivity index (χ3v) is 4.02. The summed E-state index contributed by atoms with van der Waals surface area (Å²) in [4.78, 5) is 8.45. The second kappa shape index (κ2) is 5.53. The molecule has 0 saturated carbocycles. The number of nitrogens with one attached hydrogen (secondary N) is 1. The van der Waals surface area contributed by atoms with Gasteiger partial charge >= 0.3 is 0 Å². The second-order valence-corrected chi connectivity index (χ2v) is 5.23. The molecule has 100 valence electrons. The van der Waals surface area contributed by atoms with Crippen LogP contribution in [0.25, 0.3) is 0 Å². The van der Waals surface area contributed by atoms with Gasteiger partial charge in [-0.3, -0.25) is 4.98 Å². The number of aromatic nitrogens is 3. The van der Waals surface area contributed by atoms with Crippen molar-refractivity contribution in [3.05, 3.63) is 48.3 Å². The molecule has 0 aliphatic carbocycles. The van der Waals surface area contributed by atoms with E-state index >= 15 is 0 Å². The molecule has 1 N–H and O–H groups in total. The lowest BCUT2D eigenvalue weighted by atomic mass is 9.96. The summed E-state index contributed by atoms with van der Waals surface area (Å²) >= 11 is 0. The van der Waals surface area contributed by atoms with Gasteiger partial charge in [-0.05, 0) is 44.0 Å². The van der Waals surface area contributed by atoms with Gasteiger partial charge in [-0.15, -0.1) is 0 Å². The monoisotopic (exact) mass is 256 g/mol. The minimum Gasteiger partial charge on any atom is -0.327 e. The topological polar surface area (TPSA) is 42.7 Å². The molecule has 0 radical (unpaired) electrons. The summed E-state index contributed by atoms with van der Waals surface area (Å²) in [6.45, 7) is 4.43. The Balaban J connectivity index is 1.87. The van der Waals surface area contributed by atoms with Gasteiger partial charge in [0.05, 0.1) is 12.4 Å². The zero-order valence-electron chi connectivity index (χ0n) is 11.3. The highest BCUT2D eigenvalue weighted by Crippen LogP contribution is 2.27. The molecular formula is C15H20N4. The second-order valence-electron chi connectivity index (χ2n) is 5.23. The summed E-state index contributed by atoms with van der Waals surface area (Å²) < 4.78 is 2.30. The van der Waals surface area contributed by atoms with Crippen LogP contribution in [0, 0.1) is 0 Å². The fraction of sp³-hybridized carbons (Fsp3) is 0.467. The Morgan fingerprint density at radius 3 is 2.89 bits per heavy atom. The van der Waals surface area contributed by atoms with Gasteiger partial charge in [0.25, 0.3) is 0 Å². The maximum atomic E-state index is 4.36. The molecule has 2 aromatic heterocycles. The number of imidazole rings is 1. The maximum Gasteiger partial charge on any atom is 0.0953 e. The van der Waals surface area contributed by atoms with E-state index in [4.69, 9.17) is 0 Å². The van der Waals surface area contributed by atoms with E-state index < -0.39 is 0 Å². The number of hydrogen-bond donors (Lipinski definition) is 1. The normalized spacial score (nSPS) is 21.2. The summed E-state index contributed by atoms with van der Waals surface area (Å²) in [7, 11) is 0. The van der Waals surface area contributed by atoms with E-state index in [-0.39, 0.29) is 0 Å². The van der Waals surface area contributed by atoms with Crippen LogP contribution >= 0.6 is 0 Å². The fourth-order valence-corrected chi connectivity index (χ4v) is 2.86. The first-order valence-corrected chi connectivity index (χ1v) is 6.98. The van der Waals surface area contributed by atoms with E-state index in [1.807, 2.05) is 24.9 Å². The zero-order chi connectivity index (χ0) is 13.1. The van der Waals surface area contributed by atoms with Crippen molar-refractivity contribution in [1.82, 2.24) is 19.9 Å². The molecule has 1 aliphatic rings. The van der Waals surface area contributed by atoms with Crippen molar-refractivity contribution in [3.63, 3.8) is 0 Å². The number of piperidine rings is 1. The van der Waals surface area contributed by atoms with Gasteiger partial charge in [-0.2, -0.15) is 0 Å². The van der Waals surface area contributed by atoms with Crippen LogP contribution in [0.5, 0.6) is 0 Å². The highest BCUT2D eigenvalue weighted by molar-refractivity contribution is 5.19. The smallest absolute Gasteiger partial charge is 0.0953 e. The minimum atomic E-state index is 0.308. The molecule has 0 bridgehead atoms. The van der Waals surface area contributed by atoms with Crippen molar-refractivity contribution in [2.24, 2.45) is 0 Å². The molecule has 19 heavy (non-hydrogen) atoms. The molecule has 2 atom stereocenters. The number of rotatable bonds is 3. The summed E-state index contributed by atoms with van der Waals surface area (Å²) in [5, 5.41) is 3.48.